The van der Waals surface area contributed by atoms with Gasteiger partial charge in [-0.05, 0) is 56.0 Å². The maximum atomic E-state index is 13.4. The molecule has 38 heavy (non-hydrogen) atoms. The Morgan fingerprint density at radius 3 is 1.76 bits per heavy atom. The van der Waals surface area contributed by atoms with Crippen molar-refractivity contribution < 1.29 is 29.4 Å². The SMILES string of the molecule is CC(N)C(=O)NC(Cc1ccccc1)C(=O)NC(Cc1ccc(O)cc1)C(=O)NC(CCCCN)C(=O)O. The van der Waals surface area contributed by atoms with Gasteiger partial charge in [0.1, 0.15) is 23.9 Å². The summed E-state index contributed by atoms with van der Waals surface area (Å²) in [5.41, 5.74) is 12.6. The van der Waals surface area contributed by atoms with E-state index in [2.05, 4.69) is 16.0 Å². The Hall–Kier alpha value is -3.96. The number of phenolic OH excluding ortho intramolecular Hbond substituents is 1. The Morgan fingerprint density at radius 1 is 0.763 bits per heavy atom. The van der Waals surface area contributed by atoms with E-state index >= 15 is 0 Å². The first-order valence-electron chi connectivity index (χ1n) is 12.5. The number of amides is 3. The molecule has 2 rings (SSSR count). The predicted octanol–water partition coefficient (Wildman–Crippen LogP) is 0.193. The second kappa shape index (κ2) is 15.3. The molecule has 0 saturated heterocycles. The minimum absolute atomic E-state index is 0.0201. The molecule has 2 aromatic rings. The second-order valence-electron chi connectivity index (χ2n) is 9.16. The van der Waals surface area contributed by atoms with Crippen LogP contribution in [0.25, 0.3) is 0 Å². The van der Waals surface area contributed by atoms with E-state index in [1.807, 2.05) is 6.07 Å². The topological polar surface area (TPSA) is 197 Å². The lowest BCUT2D eigenvalue weighted by atomic mass is 10.0. The largest absolute Gasteiger partial charge is 0.508 e. The number of aromatic hydroxyl groups is 1. The van der Waals surface area contributed by atoms with E-state index in [1.54, 1.807) is 36.4 Å². The molecular weight excluding hydrogens is 490 g/mol. The molecule has 11 heteroatoms. The van der Waals surface area contributed by atoms with Gasteiger partial charge < -0.3 is 37.6 Å². The third-order valence-corrected chi connectivity index (χ3v) is 5.90. The number of carboxylic acid groups (broad SMARTS) is 1. The number of aliphatic carboxylic acids is 1. The Bertz CT molecular complexity index is 1060. The van der Waals surface area contributed by atoms with Crippen molar-refractivity contribution in [3.63, 3.8) is 0 Å². The molecule has 3 amide bonds. The molecule has 0 heterocycles. The molecular formula is C27H37N5O6. The smallest absolute Gasteiger partial charge is 0.326 e. The van der Waals surface area contributed by atoms with Gasteiger partial charge in [-0.3, -0.25) is 14.4 Å². The number of carbonyl (C=O) groups is 4. The molecule has 9 N–H and O–H groups in total. The quantitative estimate of drug-likeness (QED) is 0.159. The standard InChI is InChI=1S/C27H37N5O6/c1-17(29)24(34)31-22(15-18-7-3-2-4-8-18)26(36)32-23(16-19-10-12-20(33)13-11-19)25(35)30-21(27(37)38)9-5-6-14-28/h2-4,7-8,10-13,17,21-23,33H,5-6,9,14-16,28-29H2,1H3,(H,30,35)(H,31,34)(H,32,36)(H,37,38). The molecule has 0 spiro atoms. The van der Waals surface area contributed by atoms with Crippen molar-refractivity contribution in [2.45, 2.75) is 63.2 Å². The number of hydrogen-bond donors (Lipinski definition) is 7. The molecule has 0 aliphatic carbocycles. The molecule has 0 bridgehead atoms. The molecule has 4 unspecified atom stereocenters. The van der Waals surface area contributed by atoms with Crippen LogP contribution in [0.2, 0.25) is 0 Å². The number of carboxylic acids is 1. The highest BCUT2D eigenvalue weighted by Gasteiger charge is 2.30. The van der Waals surface area contributed by atoms with Gasteiger partial charge in [-0.25, -0.2) is 4.79 Å². The summed E-state index contributed by atoms with van der Waals surface area (Å²) in [7, 11) is 0. The number of unbranched alkanes of at least 4 members (excludes halogenated alkanes) is 1. The summed E-state index contributed by atoms with van der Waals surface area (Å²) in [5.74, 6) is -3.02. The maximum Gasteiger partial charge on any atom is 0.326 e. The van der Waals surface area contributed by atoms with Crippen molar-refractivity contribution in [2.75, 3.05) is 6.54 Å². The van der Waals surface area contributed by atoms with Crippen LogP contribution in [-0.2, 0) is 32.0 Å². The lowest BCUT2D eigenvalue weighted by molar-refractivity contribution is -0.142. The number of hydrogen-bond acceptors (Lipinski definition) is 7. The monoisotopic (exact) mass is 527 g/mol. The van der Waals surface area contributed by atoms with Gasteiger partial charge in [0, 0.05) is 12.8 Å². The zero-order valence-electron chi connectivity index (χ0n) is 21.4. The van der Waals surface area contributed by atoms with Gasteiger partial charge in [0.2, 0.25) is 17.7 Å². The van der Waals surface area contributed by atoms with Gasteiger partial charge in [-0.15, -0.1) is 0 Å². The van der Waals surface area contributed by atoms with Gasteiger partial charge in [0.25, 0.3) is 0 Å². The number of benzene rings is 2. The van der Waals surface area contributed by atoms with Crippen LogP contribution in [0.4, 0.5) is 0 Å². The van der Waals surface area contributed by atoms with Crippen molar-refractivity contribution in [3.8, 4) is 5.75 Å². The number of rotatable bonds is 15. The Labute approximate surface area is 222 Å². The van der Waals surface area contributed by atoms with Crippen molar-refractivity contribution in [3.05, 3.63) is 65.7 Å². The van der Waals surface area contributed by atoms with Gasteiger partial charge in [0.15, 0.2) is 0 Å². The molecule has 0 saturated carbocycles. The Morgan fingerprint density at radius 2 is 1.26 bits per heavy atom. The molecule has 0 aliphatic heterocycles. The molecule has 206 valence electrons. The summed E-state index contributed by atoms with van der Waals surface area (Å²) >= 11 is 0. The van der Waals surface area contributed by atoms with Gasteiger partial charge in [-0.1, -0.05) is 42.5 Å². The first kappa shape index (κ1) is 30.3. The van der Waals surface area contributed by atoms with E-state index < -0.39 is 47.9 Å². The lowest BCUT2D eigenvalue weighted by Gasteiger charge is -2.25. The number of phenols is 1. The highest BCUT2D eigenvalue weighted by atomic mass is 16.4. The molecule has 4 atom stereocenters. The summed E-state index contributed by atoms with van der Waals surface area (Å²) in [6.45, 7) is 1.89. The van der Waals surface area contributed by atoms with E-state index in [9.17, 15) is 29.4 Å². The molecule has 0 aromatic heterocycles. The normalized spacial score (nSPS) is 14.0. The third-order valence-electron chi connectivity index (χ3n) is 5.90. The van der Waals surface area contributed by atoms with E-state index in [0.29, 0.717) is 24.9 Å². The third kappa shape index (κ3) is 10.2. The molecule has 0 radical (unpaired) electrons. The fourth-order valence-corrected chi connectivity index (χ4v) is 3.73. The minimum atomic E-state index is -1.20. The van der Waals surface area contributed by atoms with Crippen molar-refractivity contribution in [2.24, 2.45) is 11.5 Å². The van der Waals surface area contributed by atoms with Crippen molar-refractivity contribution >= 4 is 23.7 Å². The summed E-state index contributed by atoms with van der Waals surface area (Å²) in [6.07, 6.45) is 1.46. The summed E-state index contributed by atoms with van der Waals surface area (Å²) in [5, 5.41) is 27.0. The highest BCUT2D eigenvalue weighted by molar-refractivity contribution is 5.94. The van der Waals surface area contributed by atoms with Crippen molar-refractivity contribution in [1.29, 1.82) is 0 Å². The van der Waals surface area contributed by atoms with Crippen LogP contribution >= 0.6 is 0 Å². The molecule has 11 nitrogen and oxygen atoms in total. The number of nitrogens with one attached hydrogen (secondary N) is 3. The van der Waals surface area contributed by atoms with Gasteiger partial charge >= 0.3 is 5.97 Å². The first-order chi connectivity index (χ1) is 18.1. The average molecular weight is 528 g/mol. The molecule has 0 fully saturated rings. The van der Waals surface area contributed by atoms with Crippen LogP contribution in [0.3, 0.4) is 0 Å². The highest BCUT2D eigenvalue weighted by Crippen LogP contribution is 2.13. The van der Waals surface area contributed by atoms with Crippen LogP contribution < -0.4 is 27.4 Å². The van der Waals surface area contributed by atoms with Gasteiger partial charge in [0.05, 0.1) is 6.04 Å². The van der Waals surface area contributed by atoms with Crippen LogP contribution in [0.1, 0.15) is 37.3 Å². The minimum Gasteiger partial charge on any atom is -0.508 e. The predicted molar refractivity (Wildman–Crippen MR) is 142 cm³/mol. The average Bonchev–Trinajstić information content (AvgIpc) is 2.88. The summed E-state index contributed by atoms with van der Waals surface area (Å²) < 4.78 is 0. The van der Waals surface area contributed by atoms with E-state index in [0.717, 1.165) is 5.56 Å². The maximum absolute atomic E-state index is 13.4. The fourth-order valence-electron chi connectivity index (χ4n) is 3.73. The van der Waals surface area contributed by atoms with E-state index in [4.69, 9.17) is 11.5 Å². The number of nitrogens with two attached hydrogens (primary N) is 2. The van der Waals surface area contributed by atoms with Crippen LogP contribution in [0.15, 0.2) is 54.6 Å². The summed E-state index contributed by atoms with van der Waals surface area (Å²) in [4.78, 5) is 50.7. The molecule has 0 aliphatic rings. The first-order valence-corrected chi connectivity index (χ1v) is 12.5. The van der Waals surface area contributed by atoms with Gasteiger partial charge in [-0.2, -0.15) is 0 Å². The second-order valence-corrected chi connectivity index (χ2v) is 9.16. The Balaban J connectivity index is 2.27. The zero-order chi connectivity index (χ0) is 28.1. The summed E-state index contributed by atoms with van der Waals surface area (Å²) in [6, 6.07) is 10.9. The number of carbonyl (C=O) groups excluding carboxylic acids is 3. The van der Waals surface area contributed by atoms with Crippen LogP contribution in [-0.4, -0.2) is 64.6 Å². The van der Waals surface area contributed by atoms with Crippen LogP contribution in [0.5, 0.6) is 5.75 Å². The van der Waals surface area contributed by atoms with E-state index in [1.165, 1.54) is 19.1 Å². The van der Waals surface area contributed by atoms with E-state index in [-0.39, 0.29) is 25.0 Å². The zero-order valence-corrected chi connectivity index (χ0v) is 21.4. The molecule has 2 aromatic carbocycles. The van der Waals surface area contributed by atoms with Crippen LogP contribution in [0, 0.1) is 0 Å². The lowest BCUT2D eigenvalue weighted by Crippen LogP contribution is -2.58. The van der Waals surface area contributed by atoms with Crippen molar-refractivity contribution in [1.82, 2.24) is 16.0 Å². The Kier molecular flexibility index (Phi) is 12.2. The fraction of sp³-hybridized carbons (Fsp3) is 0.407.